The zero-order valence-electron chi connectivity index (χ0n) is 18.2. The summed E-state index contributed by atoms with van der Waals surface area (Å²) in [5.41, 5.74) is 2.34. The number of alkyl carbamates (subject to hydrolysis) is 1. The second-order valence-electron chi connectivity index (χ2n) is 7.65. The monoisotopic (exact) mass is 446 g/mol. The number of carbonyl (C=O) groups excluding carboxylic acids is 2. The minimum absolute atomic E-state index is 0.120. The number of amides is 2. The van der Waals surface area contributed by atoms with Crippen LogP contribution in [0.25, 0.3) is 0 Å². The van der Waals surface area contributed by atoms with Gasteiger partial charge in [0.1, 0.15) is 12.6 Å². The number of carbonyl (C=O) groups is 2. The smallest absolute Gasteiger partial charge is 0.408 e. The molecule has 0 spiro atoms. The number of hydrogen-bond acceptors (Lipinski definition) is 5. The molecule has 7 nitrogen and oxygen atoms in total. The van der Waals surface area contributed by atoms with Gasteiger partial charge in [-0.2, -0.15) is 0 Å². The molecule has 1 heterocycles. The SMILES string of the molecule is O=C(N[C@H](Cc1ccccc1)C(=O)Nc1ccc2c(c1)OCCCO2)OCc1ccccc1. The van der Waals surface area contributed by atoms with Crippen molar-refractivity contribution >= 4 is 17.7 Å². The van der Waals surface area contributed by atoms with Crippen molar-refractivity contribution in [3.05, 3.63) is 90.0 Å². The van der Waals surface area contributed by atoms with Gasteiger partial charge in [0, 0.05) is 24.6 Å². The molecule has 1 aliphatic rings. The lowest BCUT2D eigenvalue weighted by Gasteiger charge is -2.19. The van der Waals surface area contributed by atoms with Crippen molar-refractivity contribution < 1.29 is 23.8 Å². The van der Waals surface area contributed by atoms with Crippen LogP contribution in [0.3, 0.4) is 0 Å². The van der Waals surface area contributed by atoms with Crippen LogP contribution in [-0.2, 0) is 22.6 Å². The molecule has 1 aliphatic heterocycles. The van der Waals surface area contributed by atoms with E-state index in [0.717, 1.165) is 17.5 Å². The molecule has 0 bridgehead atoms. The highest BCUT2D eigenvalue weighted by molar-refractivity contribution is 5.97. The van der Waals surface area contributed by atoms with Crippen LogP contribution in [0.2, 0.25) is 0 Å². The van der Waals surface area contributed by atoms with Crippen molar-refractivity contribution in [1.29, 1.82) is 0 Å². The van der Waals surface area contributed by atoms with E-state index >= 15 is 0 Å². The molecule has 33 heavy (non-hydrogen) atoms. The van der Waals surface area contributed by atoms with Crippen LogP contribution in [-0.4, -0.2) is 31.3 Å². The van der Waals surface area contributed by atoms with E-state index in [1.54, 1.807) is 18.2 Å². The van der Waals surface area contributed by atoms with Gasteiger partial charge in [0.15, 0.2) is 11.5 Å². The summed E-state index contributed by atoms with van der Waals surface area (Å²) < 4.78 is 16.7. The third-order valence-electron chi connectivity index (χ3n) is 5.12. The van der Waals surface area contributed by atoms with Gasteiger partial charge in [0.25, 0.3) is 0 Å². The van der Waals surface area contributed by atoms with E-state index in [4.69, 9.17) is 14.2 Å². The Hall–Kier alpha value is -4.00. The van der Waals surface area contributed by atoms with Crippen LogP contribution in [0.4, 0.5) is 10.5 Å². The summed E-state index contributed by atoms with van der Waals surface area (Å²) >= 11 is 0. The van der Waals surface area contributed by atoms with E-state index in [-0.39, 0.29) is 12.5 Å². The fourth-order valence-corrected chi connectivity index (χ4v) is 3.44. The average molecular weight is 447 g/mol. The topological polar surface area (TPSA) is 85.9 Å². The molecule has 170 valence electrons. The largest absolute Gasteiger partial charge is 0.490 e. The molecule has 3 aromatic carbocycles. The predicted molar refractivity (Wildman–Crippen MR) is 124 cm³/mol. The van der Waals surface area contributed by atoms with Gasteiger partial charge in [-0.25, -0.2) is 4.79 Å². The van der Waals surface area contributed by atoms with E-state index < -0.39 is 12.1 Å². The molecule has 0 aliphatic carbocycles. The van der Waals surface area contributed by atoms with Crippen molar-refractivity contribution in [2.45, 2.75) is 25.5 Å². The zero-order valence-corrected chi connectivity index (χ0v) is 18.2. The number of ether oxygens (including phenoxy) is 3. The fourth-order valence-electron chi connectivity index (χ4n) is 3.44. The lowest BCUT2D eigenvalue weighted by Crippen LogP contribution is -2.45. The molecule has 0 saturated heterocycles. The molecule has 0 unspecified atom stereocenters. The second-order valence-corrected chi connectivity index (χ2v) is 7.65. The van der Waals surface area contributed by atoms with Gasteiger partial charge in [0.05, 0.1) is 13.2 Å². The molecule has 0 radical (unpaired) electrons. The third kappa shape index (κ3) is 6.49. The standard InChI is InChI=1S/C26H26N2O5/c29-25(27-21-12-13-23-24(17-21)32-15-7-14-31-23)22(16-19-8-3-1-4-9-19)28-26(30)33-18-20-10-5-2-6-11-20/h1-6,8-13,17,22H,7,14-16,18H2,(H,27,29)(H,28,30)/t22-/m1/s1. The molecule has 1 atom stereocenters. The maximum Gasteiger partial charge on any atom is 0.408 e. The lowest BCUT2D eigenvalue weighted by atomic mass is 10.1. The quantitative estimate of drug-likeness (QED) is 0.564. The second kappa shape index (κ2) is 11.0. The molecule has 0 aromatic heterocycles. The van der Waals surface area contributed by atoms with Crippen LogP contribution in [0.5, 0.6) is 11.5 Å². The Labute approximate surface area is 192 Å². The normalized spacial score (nSPS) is 13.3. The molecule has 3 aromatic rings. The van der Waals surface area contributed by atoms with Gasteiger partial charge < -0.3 is 24.8 Å². The number of anilines is 1. The first-order valence-corrected chi connectivity index (χ1v) is 10.9. The first-order chi connectivity index (χ1) is 16.2. The van der Waals surface area contributed by atoms with Gasteiger partial charge in [0.2, 0.25) is 5.91 Å². The summed E-state index contributed by atoms with van der Waals surface area (Å²) in [6, 6.07) is 23.3. The van der Waals surface area contributed by atoms with Crippen molar-refractivity contribution in [3.63, 3.8) is 0 Å². The third-order valence-corrected chi connectivity index (χ3v) is 5.12. The summed E-state index contributed by atoms with van der Waals surface area (Å²) in [6.45, 7) is 1.26. The summed E-state index contributed by atoms with van der Waals surface area (Å²) in [7, 11) is 0. The zero-order chi connectivity index (χ0) is 22.9. The first kappa shape index (κ1) is 22.2. The average Bonchev–Trinajstić information content (AvgIpc) is 3.09. The highest BCUT2D eigenvalue weighted by atomic mass is 16.5. The summed E-state index contributed by atoms with van der Waals surface area (Å²) in [4.78, 5) is 25.6. The Morgan fingerprint density at radius 2 is 1.52 bits per heavy atom. The maximum absolute atomic E-state index is 13.1. The Balaban J connectivity index is 1.43. The van der Waals surface area contributed by atoms with E-state index in [0.29, 0.717) is 36.8 Å². The van der Waals surface area contributed by atoms with E-state index in [9.17, 15) is 9.59 Å². The van der Waals surface area contributed by atoms with Crippen LogP contribution in [0.1, 0.15) is 17.5 Å². The number of hydrogen-bond donors (Lipinski definition) is 2. The number of fused-ring (bicyclic) bond motifs is 1. The maximum atomic E-state index is 13.1. The summed E-state index contributed by atoms with van der Waals surface area (Å²) in [5.74, 6) is 0.874. The van der Waals surface area contributed by atoms with Crippen LogP contribution in [0, 0.1) is 0 Å². The molecular formula is C26H26N2O5. The summed E-state index contributed by atoms with van der Waals surface area (Å²) in [6.07, 6.45) is 0.455. The highest BCUT2D eigenvalue weighted by Crippen LogP contribution is 2.32. The van der Waals surface area contributed by atoms with Gasteiger partial charge in [-0.3, -0.25) is 4.79 Å². The van der Waals surface area contributed by atoms with Crippen molar-refractivity contribution in [1.82, 2.24) is 5.32 Å². The first-order valence-electron chi connectivity index (χ1n) is 10.9. The predicted octanol–water partition coefficient (Wildman–Crippen LogP) is 4.32. The van der Waals surface area contributed by atoms with Crippen molar-refractivity contribution in [2.75, 3.05) is 18.5 Å². The van der Waals surface area contributed by atoms with Crippen LogP contribution >= 0.6 is 0 Å². The van der Waals surface area contributed by atoms with Crippen molar-refractivity contribution in [2.24, 2.45) is 0 Å². The fraction of sp³-hybridized carbons (Fsp3) is 0.231. The molecule has 2 amide bonds. The number of nitrogens with one attached hydrogen (secondary N) is 2. The lowest BCUT2D eigenvalue weighted by molar-refractivity contribution is -0.118. The highest BCUT2D eigenvalue weighted by Gasteiger charge is 2.23. The summed E-state index contributed by atoms with van der Waals surface area (Å²) in [5, 5.41) is 5.57. The van der Waals surface area contributed by atoms with Gasteiger partial charge >= 0.3 is 6.09 Å². The number of benzene rings is 3. The Kier molecular flexibility index (Phi) is 7.43. The minimum Gasteiger partial charge on any atom is -0.490 e. The molecule has 4 rings (SSSR count). The molecule has 0 fully saturated rings. The molecule has 7 heteroatoms. The van der Waals surface area contributed by atoms with E-state index in [2.05, 4.69) is 10.6 Å². The number of rotatable bonds is 7. The Morgan fingerprint density at radius 3 is 2.24 bits per heavy atom. The van der Waals surface area contributed by atoms with Crippen LogP contribution < -0.4 is 20.1 Å². The van der Waals surface area contributed by atoms with Crippen molar-refractivity contribution in [3.8, 4) is 11.5 Å². The minimum atomic E-state index is -0.827. The van der Waals surface area contributed by atoms with Gasteiger partial charge in [-0.05, 0) is 23.3 Å². The molecule has 0 saturated carbocycles. The van der Waals surface area contributed by atoms with Crippen LogP contribution in [0.15, 0.2) is 78.9 Å². The van der Waals surface area contributed by atoms with E-state index in [1.165, 1.54) is 0 Å². The molecule has 2 N–H and O–H groups in total. The van der Waals surface area contributed by atoms with Gasteiger partial charge in [-0.15, -0.1) is 0 Å². The van der Waals surface area contributed by atoms with E-state index in [1.807, 2.05) is 60.7 Å². The van der Waals surface area contributed by atoms with Gasteiger partial charge in [-0.1, -0.05) is 60.7 Å². The Bertz CT molecular complexity index is 1070. The Morgan fingerprint density at radius 1 is 0.848 bits per heavy atom. The molecular weight excluding hydrogens is 420 g/mol.